The summed E-state index contributed by atoms with van der Waals surface area (Å²) >= 11 is 0. The van der Waals surface area contributed by atoms with Crippen molar-refractivity contribution >= 4 is 15.9 Å². The molecule has 0 saturated heterocycles. The zero-order chi connectivity index (χ0) is 21.0. The molecule has 7 nitrogen and oxygen atoms in total. The predicted molar refractivity (Wildman–Crippen MR) is 111 cm³/mol. The van der Waals surface area contributed by atoms with E-state index in [-0.39, 0.29) is 16.8 Å². The summed E-state index contributed by atoms with van der Waals surface area (Å²) in [6.45, 7) is 1.82. The number of sulfonamides is 1. The molecule has 0 aliphatic rings. The van der Waals surface area contributed by atoms with Crippen molar-refractivity contribution in [2.24, 2.45) is 7.05 Å². The van der Waals surface area contributed by atoms with Gasteiger partial charge in [0.05, 0.1) is 28.4 Å². The van der Waals surface area contributed by atoms with Crippen molar-refractivity contribution in [3.05, 3.63) is 83.2 Å². The summed E-state index contributed by atoms with van der Waals surface area (Å²) in [7, 11) is -0.374. The zero-order valence-corrected chi connectivity index (χ0v) is 17.4. The van der Waals surface area contributed by atoms with E-state index in [4.69, 9.17) is 0 Å². The average molecular weight is 413 g/mol. The number of hydrogen-bond donors (Lipinski definition) is 2. The third-order valence-electron chi connectivity index (χ3n) is 4.81. The van der Waals surface area contributed by atoms with Gasteiger partial charge in [-0.2, -0.15) is 5.10 Å². The molecule has 0 aliphatic carbocycles. The fraction of sp³-hybridized carbons (Fsp3) is 0.238. The van der Waals surface area contributed by atoms with E-state index >= 15 is 0 Å². The van der Waals surface area contributed by atoms with Crippen LogP contribution in [0.4, 0.5) is 0 Å². The number of benzene rings is 2. The van der Waals surface area contributed by atoms with Crippen LogP contribution in [0.25, 0.3) is 0 Å². The first-order valence-electron chi connectivity index (χ1n) is 9.21. The molecule has 1 amide bonds. The van der Waals surface area contributed by atoms with Crippen LogP contribution in [0.3, 0.4) is 0 Å². The Labute approximate surface area is 170 Å². The fourth-order valence-electron chi connectivity index (χ4n) is 3.08. The summed E-state index contributed by atoms with van der Waals surface area (Å²) in [4.78, 5) is 13.1. The third kappa shape index (κ3) is 4.72. The molecule has 3 aromatic rings. The molecule has 0 fully saturated rings. The lowest BCUT2D eigenvalue weighted by atomic mass is 10.1. The van der Waals surface area contributed by atoms with Crippen LogP contribution in [-0.2, 0) is 23.5 Å². The van der Waals surface area contributed by atoms with Crippen LogP contribution in [0.15, 0.2) is 65.7 Å². The van der Waals surface area contributed by atoms with Gasteiger partial charge in [-0.25, -0.2) is 13.1 Å². The van der Waals surface area contributed by atoms with Crippen LogP contribution in [0.5, 0.6) is 0 Å². The molecule has 2 aromatic carbocycles. The number of amides is 1. The lowest BCUT2D eigenvalue weighted by molar-refractivity contribution is 0.0939. The number of nitrogens with one attached hydrogen (secondary N) is 2. The summed E-state index contributed by atoms with van der Waals surface area (Å²) in [6.07, 6.45) is 2.15. The summed E-state index contributed by atoms with van der Waals surface area (Å²) in [5, 5.41) is 7.18. The molecule has 0 radical (unpaired) electrons. The highest BCUT2D eigenvalue weighted by atomic mass is 32.2. The first-order valence-corrected chi connectivity index (χ1v) is 10.7. The van der Waals surface area contributed by atoms with Gasteiger partial charge in [-0.05, 0) is 37.2 Å². The van der Waals surface area contributed by atoms with E-state index in [1.54, 1.807) is 29.1 Å². The van der Waals surface area contributed by atoms with Gasteiger partial charge >= 0.3 is 0 Å². The number of aromatic nitrogens is 2. The predicted octanol–water partition coefficient (Wildman–Crippen LogP) is 2.41. The molecule has 0 bridgehead atoms. The Bertz CT molecular complexity index is 1110. The van der Waals surface area contributed by atoms with Gasteiger partial charge in [-0.1, -0.05) is 42.5 Å². The standard InChI is InChI=1S/C21H24N4O3S/c1-15(17-10-7-11-18(13-17)29(27,28)22-2)24-21(26)19-14-23-25(3)20(19)12-16-8-5-4-6-9-16/h4-11,13-15,22H,12H2,1-3H3,(H,24,26). The maximum atomic E-state index is 12.9. The number of carbonyl (C=O) groups is 1. The highest BCUT2D eigenvalue weighted by Gasteiger charge is 2.20. The molecule has 152 valence electrons. The minimum Gasteiger partial charge on any atom is -0.345 e. The van der Waals surface area contributed by atoms with Crippen molar-refractivity contribution in [2.75, 3.05) is 7.05 Å². The molecule has 0 spiro atoms. The van der Waals surface area contributed by atoms with Crippen LogP contribution in [0.2, 0.25) is 0 Å². The molecule has 29 heavy (non-hydrogen) atoms. The van der Waals surface area contributed by atoms with Crippen LogP contribution in [-0.4, -0.2) is 31.2 Å². The molecule has 8 heteroatoms. The van der Waals surface area contributed by atoms with Gasteiger partial charge in [0.15, 0.2) is 0 Å². The molecule has 0 saturated carbocycles. The summed E-state index contributed by atoms with van der Waals surface area (Å²) in [5.74, 6) is -0.251. The van der Waals surface area contributed by atoms with Crippen molar-refractivity contribution < 1.29 is 13.2 Å². The maximum absolute atomic E-state index is 12.9. The minimum atomic E-state index is -3.55. The number of rotatable bonds is 7. The summed E-state index contributed by atoms with van der Waals surface area (Å²) in [6, 6.07) is 16.0. The third-order valence-corrected chi connectivity index (χ3v) is 6.22. The van der Waals surface area contributed by atoms with Gasteiger partial charge in [0.25, 0.3) is 5.91 Å². The summed E-state index contributed by atoms with van der Waals surface area (Å²) in [5.41, 5.74) is 3.10. The van der Waals surface area contributed by atoms with Crippen molar-refractivity contribution in [3.8, 4) is 0 Å². The number of aryl methyl sites for hydroxylation is 1. The van der Waals surface area contributed by atoms with Crippen molar-refractivity contribution in [3.63, 3.8) is 0 Å². The molecule has 2 N–H and O–H groups in total. The molecule has 0 aliphatic heterocycles. The van der Waals surface area contributed by atoms with Crippen LogP contribution >= 0.6 is 0 Å². The van der Waals surface area contributed by atoms with E-state index in [2.05, 4.69) is 15.1 Å². The first kappa shape index (κ1) is 20.8. The Morgan fingerprint density at radius 3 is 2.55 bits per heavy atom. The fourth-order valence-corrected chi connectivity index (χ4v) is 3.86. The van der Waals surface area contributed by atoms with Crippen molar-refractivity contribution in [1.82, 2.24) is 19.8 Å². The van der Waals surface area contributed by atoms with Gasteiger partial charge in [0, 0.05) is 13.5 Å². The Morgan fingerprint density at radius 1 is 1.14 bits per heavy atom. The quantitative estimate of drug-likeness (QED) is 0.623. The van der Waals surface area contributed by atoms with Gasteiger partial charge in [-0.15, -0.1) is 0 Å². The first-order chi connectivity index (χ1) is 13.8. The van der Waals surface area contributed by atoms with Gasteiger partial charge in [0.1, 0.15) is 0 Å². The van der Waals surface area contributed by atoms with E-state index in [9.17, 15) is 13.2 Å². The normalized spacial score (nSPS) is 12.5. The SMILES string of the molecule is CNS(=O)(=O)c1cccc(C(C)NC(=O)c2cnn(C)c2Cc2ccccc2)c1. The molecule has 3 rings (SSSR count). The van der Waals surface area contributed by atoms with E-state index < -0.39 is 10.0 Å². The average Bonchev–Trinajstić information content (AvgIpc) is 3.09. The Morgan fingerprint density at radius 2 is 1.86 bits per heavy atom. The van der Waals surface area contributed by atoms with E-state index in [0.29, 0.717) is 17.5 Å². The summed E-state index contributed by atoms with van der Waals surface area (Å²) < 4.78 is 28.1. The Hall–Kier alpha value is -2.97. The number of carbonyl (C=O) groups excluding carboxylic acids is 1. The second-order valence-corrected chi connectivity index (χ2v) is 8.65. The molecule has 1 atom stereocenters. The van der Waals surface area contributed by atoms with Crippen LogP contribution < -0.4 is 10.0 Å². The number of nitrogens with zero attached hydrogens (tertiary/aromatic N) is 2. The minimum absolute atomic E-state index is 0.157. The molecule has 1 aromatic heterocycles. The molecule has 1 heterocycles. The highest BCUT2D eigenvalue weighted by molar-refractivity contribution is 7.89. The van der Waals surface area contributed by atoms with Gasteiger partial charge < -0.3 is 5.32 Å². The second-order valence-electron chi connectivity index (χ2n) is 6.77. The lowest BCUT2D eigenvalue weighted by Gasteiger charge is -2.16. The topological polar surface area (TPSA) is 93.1 Å². The lowest BCUT2D eigenvalue weighted by Crippen LogP contribution is -2.28. The van der Waals surface area contributed by atoms with E-state index in [1.165, 1.54) is 13.1 Å². The zero-order valence-electron chi connectivity index (χ0n) is 16.6. The molecule has 1 unspecified atom stereocenters. The van der Waals surface area contributed by atoms with Crippen molar-refractivity contribution in [1.29, 1.82) is 0 Å². The van der Waals surface area contributed by atoms with E-state index in [0.717, 1.165) is 11.3 Å². The number of hydrogen-bond acceptors (Lipinski definition) is 4. The van der Waals surface area contributed by atoms with Crippen LogP contribution in [0, 0.1) is 0 Å². The Balaban J connectivity index is 1.80. The highest BCUT2D eigenvalue weighted by Crippen LogP contribution is 2.19. The smallest absolute Gasteiger partial charge is 0.255 e. The van der Waals surface area contributed by atoms with Crippen molar-refractivity contribution in [2.45, 2.75) is 24.3 Å². The monoisotopic (exact) mass is 412 g/mol. The van der Waals surface area contributed by atoms with Gasteiger partial charge in [0.2, 0.25) is 10.0 Å². The van der Waals surface area contributed by atoms with Gasteiger partial charge in [-0.3, -0.25) is 9.48 Å². The second kappa shape index (κ2) is 8.59. The van der Waals surface area contributed by atoms with Crippen LogP contribution in [0.1, 0.15) is 40.1 Å². The van der Waals surface area contributed by atoms with E-state index in [1.807, 2.05) is 44.3 Å². The Kier molecular flexibility index (Phi) is 6.14. The largest absolute Gasteiger partial charge is 0.345 e. The maximum Gasteiger partial charge on any atom is 0.255 e. The molecular formula is C21H24N4O3S. The molecular weight excluding hydrogens is 388 g/mol.